The van der Waals surface area contributed by atoms with Gasteiger partial charge in [0, 0.05) is 25.2 Å². The third-order valence-corrected chi connectivity index (χ3v) is 7.86. The largest absolute Gasteiger partial charge is 0.465 e. The Morgan fingerprint density at radius 2 is 1.43 bits per heavy atom. The number of esters is 3. The van der Waals surface area contributed by atoms with Gasteiger partial charge in [0.2, 0.25) is 0 Å². The SMILES string of the molecule is CCC(=O)OCC1(COC(=O)CC(F)(F)F)COC2(OC1)C1CC3CC2CC(OC(=O)C(C)(F)F)(C3)C1. The van der Waals surface area contributed by atoms with Crippen LogP contribution >= 0.6 is 0 Å². The Labute approximate surface area is 210 Å². The van der Waals surface area contributed by atoms with Crippen LogP contribution in [-0.4, -0.2) is 67.8 Å². The zero-order valence-corrected chi connectivity index (χ0v) is 20.7. The minimum atomic E-state index is -4.73. The Balaban J connectivity index is 1.46. The number of ether oxygens (including phenoxy) is 5. The van der Waals surface area contributed by atoms with E-state index in [1.165, 1.54) is 0 Å². The highest BCUT2D eigenvalue weighted by molar-refractivity contribution is 5.77. The van der Waals surface area contributed by atoms with Gasteiger partial charge in [-0.05, 0) is 38.0 Å². The Morgan fingerprint density at radius 3 is 1.92 bits per heavy atom. The Hall–Kier alpha value is -2.02. The summed E-state index contributed by atoms with van der Waals surface area (Å²) in [5, 5.41) is 0. The van der Waals surface area contributed by atoms with Crippen molar-refractivity contribution in [2.75, 3.05) is 26.4 Å². The molecular weight excluding hydrogens is 511 g/mol. The standard InChI is InChI=1S/C24H31F5O8/c1-3-17(30)33-10-21(11-34-18(31)9-23(27,28)29)12-35-24(36-13-21)15-4-14-5-16(24)8-22(6-14,7-15)37-19(32)20(2,25)26/h14-16H,3-13H2,1-2H3. The summed E-state index contributed by atoms with van der Waals surface area (Å²) in [5.41, 5.74) is -2.25. The fraction of sp³-hybridized carbons (Fsp3) is 0.875. The second kappa shape index (κ2) is 9.62. The summed E-state index contributed by atoms with van der Waals surface area (Å²) in [4.78, 5) is 35.4. The molecule has 0 radical (unpaired) electrons. The molecule has 4 saturated carbocycles. The van der Waals surface area contributed by atoms with Gasteiger partial charge in [-0.1, -0.05) is 6.92 Å². The molecule has 5 fully saturated rings. The van der Waals surface area contributed by atoms with Crippen molar-refractivity contribution in [3.05, 3.63) is 0 Å². The molecule has 13 heteroatoms. The lowest BCUT2D eigenvalue weighted by Crippen LogP contribution is -2.69. The van der Waals surface area contributed by atoms with E-state index in [9.17, 15) is 36.3 Å². The summed E-state index contributed by atoms with van der Waals surface area (Å²) >= 11 is 0. The van der Waals surface area contributed by atoms with Crippen molar-refractivity contribution in [2.45, 2.75) is 82.3 Å². The van der Waals surface area contributed by atoms with Crippen LogP contribution in [0.5, 0.6) is 0 Å². The average molecular weight is 542 g/mol. The van der Waals surface area contributed by atoms with Crippen LogP contribution < -0.4 is 0 Å². The number of hydrogen-bond donors (Lipinski definition) is 0. The smallest absolute Gasteiger partial charge is 0.399 e. The minimum Gasteiger partial charge on any atom is -0.465 e. The lowest BCUT2D eigenvalue weighted by atomic mass is 9.51. The minimum absolute atomic E-state index is 0.0682. The first-order chi connectivity index (χ1) is 17.1. The van der Waals surface area contributed by atoms with Gasteiger partial charge >= 0.3 is 30.0 Å². The molecule has 0 amide bonds. The number of hydrogen-bond acceptors (Lipinski definition) is 8. The van der Waals surface area contributed by atoms with Crippen LogP contribution in [0, 0.1) is 23.2 Å². The molecule has 1 spiro atoms. The topological polar surface area (TPSA) is 97.4 Å². The molecule has 2 unspecified atom stereocenters. The van der Waals surface area contributed by atoms with E-state index in [0.29, 0.717) is 26.2 Å². The maximum absolute atomic E-state index is 13.6. The maximum atomic E-state index is 13.6. The first kappa shape index (κ1) is 28.0. The third kappa shape index (κ3) is 5.86. The van der Waals surface area contributed by atoms with Gasteiger partial charge in [0.05, 0.1) is 18.6 Å². The van der Waals surface area contributed by atoms with Crippen LogP contribution in [0.25, 0.3) is 0 Å². The summed E-state index contributed by atoms with van der Waals surface area (Å²) in [6, 6.07) is 0. The second-order valence-corrected chi connectivity index (χ2v) is 11.1. The lowest BCUT2D eigenvalue weighted by Gasteiger charge is -2.65. The molecule has 0 aromatic carbocycles. The van der Waals surface area contributed by atoms with Crippen molar-refractivity contribution in [3.63, 3.8) is 0 Å². The van der Waals surface area contributed by atoms with Gasteiger partial charge in [-0.15, -0.1) is 0 Å². The first-order valence-electron chi connectivity index (χ1n) is 12.4. The average Bonchev–Trinajstić information content (AvgIpc) is 2.78. The molecule has 8 nitrogen and oxygen atoms in total. The van der Waals surface area contributed by atoms with Gasteiger partial charge in [0.1, 0.15) is 25.2 Å². The molecule has 0 aromatic heterocycles. The van der Waals surface area contributed by atoms with Crippen LogP contribution in [-0.2, 0) is 38.1 Å². The van der Waals surface area contributed by atoms with Crippen molar-refractivity contribution in [2.24, 2.45) is 23.2 Å². The van der Waals surface area contributed by atoms with Crippen LogP contribution in [0.1, 0.15) is 58.8 Å². The predicted octanol–water partition coefficient (Wildman–Crippen LogP) is 3.94. The van der Waals surface area contributed by atoms with Crippen LogP contribution in [0.3, 0.4) is 0 Å². The number of halogens is 5. The normalized spacial score (nSPS) is 36.9. The molecule has 1 saturated heterocycles. The monoisotopic (exact) mass is 542 g/mol. The van der Waals surface area contributed by atoms with Gasteiger partial charge in [-0.25, -0.2) is 4.79 Å². The molecule has 2 atom stereocenters. The highest BCUT2D eigenvalue weighted by atomic mass is 19.4. The van der Waals surface area contributed by atoms with E-state index in [2.05, 4.69) is 0 Å². The maximum Gasteiger partial charge on any atom is 0.399 e. The van der Waals surface area contributed by atoms with Crippen molar-refractivity contribution in [1.82, 2.24) is 0 Å². The lowest BCUT2D eigenvalue weighted by molar-refractivity contribution is -0.397. The molecule has 1 aliphatic heterocycles. The molecule has 4 aliphatic carbocycles. The van der Waals surface area contributed by atoms with E-state index < -0.39 is 59.8 Å². The van der Waals surface area contributed by atoms with Crippen LogP contribution in [0.2, 0.25) is 0 Å². The zero-order valence-electron chi connectivity index (χ0n) is 20.7. The van der Waals surface area contributed by atoms with E-state index >= 15 is 0 Å². The van der Waals surface area contributed by atoms with Crippen molar-refractivity contribution < 1.29 is 60.0 Å². The number of carbonyl (C=O) groups is 3. The molecule has 0 N–H and O–H groups in total. The Bertz CT molecular complexity index is 888. The van der Waals surface area contributed by atoms with Crippen molar-refractivity contribution in [3.8, 4) is 0 Å². The fourth-order valence-electron chi connectivity index (χ4n) is 6.34. The Kier molecular flexibility index (Phi) is 7.28. The molecule has 5 aliphatic rings. The van der Waals surface area contributed by atoms with Gasteiger partial charge in [0.15, 0.2) is 5.79 Å². The van der Waals surface area contributed by atoms with Crippen molar-refractivity contribution >= 4 is 17.9 Å². The van der Waals surface area contributed by atoms with E-state index in [4.69, 9.17) is 23.7 Å². The first-order valence-corrected chi connectivity index (χ1v) is 12.4. The van der Waals surface area contributed by atoms with E-state index in [1.807, 2.05) is 0 Å². The molecule has 1 heterocycles. The van der Waals surface area contributed by atoms with Gasteiger partial charge < -0.3 is 23.7 Å². The summed E-state index contributed by atoms with van der Waals surface area (Å²) in [5.74, 6) is -8.68. The predicted molar refractivity (Wildman–Crippen MR) is 113 cm³/mol. The number of carbonyl (C=O) groups excluding carboxylic acids is 3. The molecule has 4 bridgehead atoms. The van der Waals surface area contributed by atoms with Gasteiger partial charge in [0.25, 0.3) is 0 Å². The van der Waals surface area contributed by atoms with Crippen LogP contribution in [0.15, 0.2) is 0 Å². The zero-order chi connectivity index (χ0) is 27.3. The summed E-state index contributed by atoms with van der Waals surface area (Å²) in [6.45, 7) is 1.02. The second-order valence-electron chi connectivity index (χ2n) is 11.1. The summed E-state index contributed by atoms with van der Waals surface area (Å²) in [6.07, 6.45) is -4.02. The fourth-order valence-corrected chi connectivity index (χ4v) is 6.34. The quantitative estimate of drug-likeness (QED) is 0.259. The Morgan fingerprint density at radius 1 is 0.892 bits per heavy atom. The van der Waals surface area contributed by atoms with Crippen molar-refractivity contribution in [1.29, 1.82) is 0 Å². The van der Waals surface area contributed by atoms with E-state index in [1.54, 1.807) is 6.92 Å². The van der Waals surface area contributed by atoms with Gasteiger partial charge in [-0.3, -0.25) is 9.59 Å². The highest BCUT2D eigenvalue weighted by Gasteiger charge is 2.67. The number of rotatable bonds is 8. The number of alkyl halides is 5. The molecule has 37 heavy (non-hydrogen) atoms. The van der Waals surface area contributed by atoms with E-state index in [0.717, 1.165) is 0 Å². The molecule has 5 rings (SSSR count). The summed E-state index contributed by atoms with van der Waals surface area (Å²) < 4.78 is 92.7. The highest BCUT2D eigenvalue weighted by Crippen LogP contribution is 2.64. The third-order valence-electron chi connectivity index (χ3n) is 7.86. The van der Waals surface area contributed by atoms with E-state index in [-0.39, 0.29) is 56.8 Å². The molecular formula is C24H31F5O8. The summed E-state index contributed by atoms with van der Waals surface area (Å²) in [7, 11) is 0. The molecule has 0 aromatic rings. The van der Waals surface area contributed by atoms with Crippen LogP contribution in [0.4, 0.5) is 22.0 Å². The molecule has 210 valence electrons. The van der Waals surface area contributed by atoms with Gasteiger partial charge in [-0.2, -0.15) is 22.0 Å².